The van der Waals surface area contributed by atoms with Crippen LogP contribution in [0.5, 0.6) is 5.75 Å². The highest BCUT2D eigenvalue weighted by Gasteiger charge is 2.31. The Labute approximate surface area is 207 Å². The fourth-order valence-corrected chi connectivity index (χ4v) is 4.65. The summed E-state index contributed by atoms with van der Waals surface area (Å²) < 4.78 is 14.0. The summed E-state index contributed by atoms with van der Waals surface area (Å²) in [5.41, 5.74) is 2.80. The van der Waals surface area contributed by atoms with Gasteiger partial charge in [0.2, 0.25) is 0 Å². The maximum atomic E-state index is 14.0. The molecule has 0 spiro atoms. The second-order valence-electron chi connectivity index (χ2n) is 9.05. The molecule has 2 atom stereocenters. The van der Waals surface area contributed by atoms with Crippen LogP contribution in [0, 0.1) is 11.7 Å². The fraction of sp³-hybridized carbons (Fsp3) is 0.214. The lowest BCUT2D eigenvalue weighted by atomic mass is 9.92. The Balaban J connectivity index is 1.23. The number of hydrogen-bond acceptors (Lipinski definition) is 6. The van der Waals surface area contributed by atoms with Crippen molar-refractivity contribution in [2.45, 2.75) is 19.0 Å². The number of carbonyl (C=O) groups excluding carboxylic acids is 3. The number of phenols is 1. The molecule has 3 aromatic carbocycles. The van der Waals surface area contributed by atoms with Crippen LogP contribution in [0.25, 0.3) is 0 Å². The van der Waals surface area contributed by atoms with Gasteiger partial charge in [0, 0.05) is 54.4 Å². The van der Waals surface area contributed by atoms with Gasteiger partial charge in [0.15, 0.2) is 11.6 Å². The topological polar surface area (TPSA) is 108 Å². The average Bonchev–Trinajstić information content (AvgIpc) is 3.52. The first kappa shape index (κ1) is 23.6. The smallest absolute Gasteiger partial charge is 0.251 e. The SMILES string of the molecule is O=C(C[C@@H]1CNC[C@H]1NC(=O)c1ccc(C(=O)c2c(O)cccc2F)cc1)c1ccc2c(c1)C=NC2. The summed E-state index contributed by atoms with van der Waals surface area (Å²) in [5.74, 6) is -2.30. The molecule has 36 heavy (non-hydrogen) atoms. The highest BCUT2D eigenvalue weighted by atomic mass is 19.1. The molecule has 0 unspecified atom stereocenters. The number of amides is 1. The minimum absolute atomic E-state index is 0.0188. The quantitative estimate of drug-likeness (QED) is 0.445. The van der Waals surface area contributed by atoms with Crippen LogP contribution in [0.1, 0.15) is 54.2 Å². The van der Waals surface area contributed by atoms with Crippen molar-refractivity contribution in [1.29, 1.82) is 0 Å². The number of phenolic OH excluding ortho intramolecular Hbond substituents is 1. The molecule has 2 aliphatic heterocycles. The van der Waals surface area contributed by atoms with E-state index >= 15 is 0 Å². The summed E-state index contributed by atoms with van der Waals surface area (Å²) in [6.45, 7) is 1.80. The minimum atomic E-state index is -0.816. The zero-order chi connectivity index (χ0) is 25.2. The van der Waals surface area contributed by atoms with E-state index in [4.69, 9.17) is 0 Å². The molecule has 1 fully saturated rings. The zero-order valence-electron chi connectivity index (χ0n) is 19.3. The number of benzene rings is 3. The molecule has 182 valence electrons. The highest BCUT2D eigenvalue weighted by molar-refractivity contribution is 6.11. The van der Waals surface area contributed by atoms with Crippen LogP contribution in [0.4, 0.5) is 4.39 Å². The number of Topliss-reactive ketones (excluding diaryl/α,β-unsaturated/α-hetero) is 1. The Hall–Kier alpha value is -4.17. The van der Waals surface area contributed by atoms with E-state index < -0.39 is 22.9 Å². The van der Waals surface area contributed by atoms with Crippen molar-refractivity contribution in [3.63, 3.8) is 0 Å². The molecule has 2 aliphatic rings. The number of nitrogens with zero attached hydrogens (tertiary/aromatic N) is 1. The van der Waals surface area contributed by atoms with Crippen molar-refractivity contribution >= 4 is 23.7 Å². The van der Waals surface area contributed by atoms with Crippen molar-refractivity contribution in [1.82, 2.24) is 10.6 Å². The number of ketones is 2. The third-order valence-electron chi connectivity index (χ3n) is 6.69. The van der Waals surface area contributed by atoms with Gasteiger partial charge in [-0.2, -0.15) is 0 Å². The predicted octanol–water partition coefficient (Wildman–Crippen LogP) is 3.29. The molecule has 3 aromatic rings. The first-order valence-electron chi connectivity index (χ1n) is 11.7. The molecular weight excluding hydrogens is 461 g/mol. The van der Waals surface area contributed by atoms with E-state index in [9.17, 15) is 23.9 Å². The van der Waals surface area contributed by atoms with E-state index in [1.54, 1.807) is 6.21 Å². The molecule has 7 nitrogen and oxygen atoms in total. The third kappa shape index (κ3) is 4.67. The van der Waals surface area contributed by atoms with Gasteiger partial charge in [0.1, 0.15) is 11.6 Å². The van der Waals surface area contributed by atoms with Crippen molar-refractivity contribution in [3.05, 3.63) is 99.9 Å². The van der Waals surface area contributed by atoms with Gasteiger partial charge in [-0.05, 0) is 41.5 Å². The van der Waals surface area contributed by atoms with Gasteiger partial charge in [0.05, 0.1) is 12.1 Å². The van der Waals surface area contributed by atoms with Gasteiger partial charge >= 0.3 is 0 Å². The van der Waals surface area contributed by atoms with Crippen molar-refractivity contribution in [2.75, 3.05) is 13.1 Å². The monoisotopic (exact) mass is 485 g/mol. The molecule has 0 saturated carbocycles. The van der Waals surface area contributed by atoms with Gasteiger partial charge < -0.3 is 15.7 Å². The molecule has 0 radical (unpaired) electrons. The Bertz CT molecular complexity index is 1360. The van der Waals surface area contributed by atoms with Crippen molar-refractivity contribution in [3.8, 4) is 5.75 Å². The molecule has 5 rings (SSSR count). The van der Waals surface area contributed by atoms with Crippen LogP contribution in [0.3, 0.4) is 0 Å². The molecule has 2 heterocycles. The van der Waals surface area contributed by atoms with E-state index in [2.05, 4.69) is 15.6 Å². The molecular formula is C28H24FN3O4. The predicted molar refractivity (Wildman–Crippen MR) is 132 cm³/mol. The Morgan fingerprint density at radius 3 is 2.53 bits per heavy atom. The second-order valence-corrected chi connectivity index (χ2v) is 9.05. The number of fused-ring (bicyclic) bond motifs is 1. The first-order valence-corrected chi connectivity index (χ1v) is 11.7. The fourth-order valence-electron chi connectivity index (χ4n) is 4.65. The van der Waals surface area contributed by atoms with Crippen LogP contribution in [-0.2, 0) is 6.54 Å². The maximum absolute atomic E-state index is 14.0. The molecule has 1 saturated heterocycles. The third-order valence-corrected chi connectivity index (χ3v) is 6.69. The van der Waals surface area contributed by atoms with Crippen LogP contribution in [0.15, 0.2) is 65.7 Å². The summed E-state index contributed by atoms with van der Waals surface area (Å²) in [4.78, 5) is 42.6. The molecule has 1 amide bonds. The van der Waals surface area contributed by atoms with Crippen molar-refractivity contribution < 1.29 is 23.9 Å². The van der Waals surface area contributed by atoms with Gasteiger partial charge in [-0.15, -0.1) is 0 Å². The Kier molecular flexibility index (Phi) is 6.43. The number of rotatable bonds is 7. The van der Waals surface area contributed by atoms with Crippen molar-refractivity contribution in [2.24, 2.45) is 10.9 Å². The molecule has 0 bridgehead atoms. The summed E-state index contributed by atoms with van der Waals surface area (Å²) in [6, 6.07) is 14.9. The molecule has 3 N–H and O–H groups in total. The largest absolute Gasteiger partial charge is 0.507 e. The van der Waals surface area contributed by atoms with Crippen LogP contribution in [-0.4, -0.2) is 47.9 Å². The highest BCUT2D eigenvalue weighted by Crippen LogP contribution is 2.24. The number of aromatic hydroxyl groups is 1. The van der Waals surface area contributed by atoms with Gasteiger partial charge in [-0.3, -0.25) is 19.4 Å². The van der Waals surface area contributed by atoms with E-state index in [0.717, 1.165) is 17.2 Å². The minimum Gasteiger partial charge on any atom is -0.507 e. The molecule has 0 aliphatic carbocycles. The number of carbonyl (C=O) groups is 3. The van der Waals surface area contributed by atoms with Crippen LogP contribution < -0.4 is 10.6 Å². The normalized spacial score (nSPS) is 18.1. The number of hydrogen-bond donors (Lipinski definition) is 3. The summed E-state index contributed by atoms with van der Waals surface area (Å²) in [5, 5.41) is 16.1. The van der Waals surface area contributed by atoms with Gasteiger partial charge in [-0.25, -0.2) is 4.39 Å². The lowest BCUT2D eigenvalue weighted by molar-refractivity contribution is 0.0902. The van der Waals surface area contributed by atoms with E-state index in [-0.39, 0.29) is 29.2 Å². The lowest BCUT2D eigenvalue weighted by Gasteiger charge is -2.20. The number of halogens is 1. The second kappa shape index (κ2) is 9.83. The number of nitrogens with one attached hydrogen (secondary N) is 2. The Morgan fingerprint density at radius 1 is 1.00 bits per heavy atom. The van der Waals surface area contributed by atoms with Gasteiger partial charge in [0.25, 0.3) is 5.91 Å². The average molecular weight is 486 g/mol. The summed E-state index contributed by atoms with van der Waals surface area (Å²) >= 11 is 0. The van der Waals surface area contributed by atoms with E-state index in [0.29, 0.717) is 37.2 Å². The zero-order valence-corrected chi connectivity index (χ0v) is 19.3. The Morgan fingerprint density at radius 2 is 1.75 bits per heavy atom. The number of aliphatic imine (C=N–C) groups is 1. The standard InChI is InChI=1S/C28H24FN3O4/c29-22-2-1-3-24(33)26(22)27(35)16-4-6-17(7-5-16)28(36)32-23-15-31-14-21(23)11-25(34)18-8-9-19-12-30-13-20(19)10-18/h1-10,13,21,23,31,33H,11-12,14-15H2,(H,32,36)/t21-,23-/m1/s1. The van der Waals surface area contributed by atoms with Crippen LogP contribution >= 0.6 is 0 Å². The molecule has 8 heteroatoms. The maximum Gasteiger partial charge on any atom is 0.251 e. The first-order chi connectivity index (χ1) is 17.4. The lowest BCUT2D eigenvalue weighted by Crippen LogP contribution is -2.41. The van der Waals surface area contributed by atoms with Crippen LogP contribution in [0.2, 0.25) is 0 Å². The molecule has 0 aromatic heterocycles. The van der Waals surface area contributed by atoms with Gasteiger partial charge in [-0.1, -0.05) is 30.3 Å². The summed E-state index contributed by atoms with van der Waals surface area (Å²) in [7, 11) is 0. The van der Waals surface area contributed by atoms with E-state index in [1.165, 1.54) is 36.4 Å². The van der Waals surface area contributed by atoms with E-state index in [1.807, 2.05) is 18.2 Å². The summed E-state index contributed by atoms with van der Waals surface area (Å²) in [6.07, 6.45) is 2.08.